The molecule has 0 aromatic rings. The van der Waals surface area contributed by atoms with Crippen molar-refractivity contribution in [3.8, 4) is 12.3 Å². The third-order valence-electron chi connectivity index (χ3n) is 1.37. The van der Waals surface area contributed by atoms with E-state index in [1.807, 2.05) is 0 Å². The van der Waals surface area contributed by atoms with Crippen LogP contribution in [0, 0.1) is 12.3 Å². The van der Waals surface area contributed by atoms with Gasteiger partial charge in [-0.25, -0.2) is 0 Å². The highest BCUT2D eigenvalue weighted by molar-refractivity contribution is 5.81. The number of hydrogen-bond donors (Lipinski definition) is 3. The number of nitrogens with two attached hydrogens (primary N) is 1. The number of amides is 1. The molecule has 1 unspecified atom stereocenters. The molecule has 0 rings (SSSR count). The van der Waals surface area contributed by atoms with Crippen molar-refractivity contribution in [2.75, 3.05) is 6.54 Å². The predicted octanol–water partition coefficient (Wildman–Crippen LogP) is -0.776. The number of terminal acetylenes is 1. The summed E-state index contributed by atoms with van der Waals surface area (Å²) in [6, 6.07) is -0.688. The molecule has 1 atom stereocenters. The lowest BCUT2D eigenvalue weighted by Crippen LogP contribution is -2.45. The summed E-state index contributed by atoms with van der Waals surface area (Å²) in [4.78, 5) is 11.1. The lowest BCUT2D eigenvalue weighted by molar-refractivity contribution is -0.123. The Morgan fingerprint density at radius 2 is 2.31 bits per heavy atom. The van der Waals surface area contributed by atoms with Gasteiger partial charge in [0.15, 0.2) is 0 Å². The van der Waals surface area contributed by atoms with Crippen LogP contribution in [0.3, 0.4) is 0 Å². The second-order valence-electron chi connectivity index (χ2n) is 3.54. The van der Waals surface area contributed by atoms with E-state index in [0.29, 0.717) is 0 Å². The molecule has 4 heteroatoms. The van der Waals surface area contributed by atoms with E-state index in [1.165, 1.54) is 0 Å². The normalized spacial score (nSPS) is 13.2. The molecule has 0 heterocycles. The van der Waals surface area contributed by atoms with Gasteiger partial charge >= 0.3 is 0 Å². The van der Waals surface area contributed by atoms with Crippen molar-refractivity contribution in [3.63, 3.8) is 0 Å². The van der Waals surface area contributed by atoms with Crippen LogP contribution in [0.1, 0.15) is 20.3 Å². The molecule has 0 saturated heterocycles. The molecule has 0 aromatic heterocycles. The second kappa shape index (κ2) is 4.85. The minimum atomic E-state index is -0.925. The third-order valence-corrected chi connectivity index (χ3v) is 1.37. The molecular formula is C9H16N2O2. The van der Waals surface area contributed by atoms with Crippen LogP contribution >= 0.6 is 0 Å². The van der Waals surface area contributed by atoms with Gasteiger partial charge in [-0.1, -0.05) is 0 Å². The largest absolute Gasteiger partial charge is 0.389 e. The Bertz CT molecular complexity index is 213. The Labute approximate surface area is 78.5 Å². The summed E-state index contributed by atoms with van der Waals surface area (Å²) >= 11 is 0. The van der Waals surface area contributed by atoms with Gasteiger partial charge in [0.25, 0.3) is 0 Å². The van der Waals surface area contributed by atoms with Crippen molar-refractivity contribution in [2.24, 2.45) is 5.73 Å². The highest BCUT2D eigenvalue weighted by Crippen LogP contribution is 1.97. The van der Waals surface area contributed by atoms with Gasteiger partial charge in [0.2, 0.25) is 5.91 Å². The van der Waals surface area contributed by atoms with Gasteiger partial charge in [0.05, 0.1) is 11.6 Å². The first-order chi connectivity index (χ1) is 5.87. The molecule has 0 aromatic carbocycles. The Kier molecular flexibility index (Phi) is 4.46. The molecule has 0 aliphatic heterocycles. The zero-order valence-electron chi connectivity index (χ0n) is 8.00. The fourth-order valence-electron chi connectivity index (χ4n) is 0.654. The van der Waals surface area contributed by atoms with Gasteiger partial charge in [-0.05, 0) is 13.8 Å². The van der Waals surface area contributed by atoms with Gasteiger partial charge < -0.3 is 16.2 Å². The van der Waals surface area contributed by atoms with Crippen molar-refractivity contribution < 1.29 is 9.90 Å². The number of rotatable bonds is 4. The van der Waals surface area contributed by atoms with E-state index in [-0.39, 0.29) is 18.9 Å². The molecule has 0 spiro atoms. The predicted molar refractivity (Wildman–Crippen MR) is 50.7 cm³/mol. The van der Waals surface area contributed by atoms with Gasteiger partial charge in [0.1, 0.15) is 0 Å². The lowest BCUT2D eigenvalue weighted by Gasteiger charge is -2.18. The molecule has 0 fully saturated rings. The number of hydrogen-bond acceptors (Lipinski definition) is 3. The zero-order valence-corrected chi connectivity index (χ0v) is 8.00. The van der Waals surface area contributed by atoms with Gasteiger partial charge in [-0.15, -0.1) is 12.3 Å². The fourth-order valence-corrected chi connectivity index (χ4v) is 0.654. The van der Waals surface area contributed by atoms with Crippen molar-refractivity contribution in [2.45, 2.75) is 31.9 Å². The maximum absolute atomic E-state index is 11.1. The lowest BCUT2D eigenvalue weighted by atomic mass is 10.1. The van der Waals surface area contributed by atoms with Crippen LogP contribution in [0.2, 0.25) is 0 Å². The monoisotopic (exact) mass is 184 g/mol. The van der Waals surface area contributed by atoms with Crippen molar-refractivity contribution in [1.29, 1.82) is 0 Å². The molecular weight excluding hydrogens is 168 g/mol. The molecule has 4 N–H and O–H groups in total. The van der Waals surface area contributed by atoms with Gasteiger partial charge in [-0.3, -0.25) is 4.79 Å². The Morgan fingerprint density at radius 3 is 2.69 bits per heavy atom. The highest BCUT2D eigenvalue weighted by Gasteiger charge is 2.17. The zero-order chi connectivity index (χ0) is 10.5. The van der Waals surface area contributed by atoms with Crippen LogP contribution in [0.25, 0.3) is 0 Å². The second-order valence-corrected chi connectivity index (χ2v) is 3.54. The van der Waals surface area contributed by atoms with Crippen molar-refractivity contribution >= 4 is 5.91 Å². The molecule has 74 valence electrons. The summed E-state index contributed by atoms with van der Waals surface area (Å²) in [5.41, 5.74) is 4.50. The van der Waals surface area contributed by atoms with E-state index < -0.39 is 11.6 Å². The summed E-state index contributed by atoms with van der Waals surface area (Å²) < 4.78 is 0. The Morgan fingerprint density at radius 1 is 1.77 bits per heavy atom. The molecule has 13 heavy (non-hydrogen) atoms. The minimum Gasteiger partial charge on any atom is -0.389 e. The summed E-state index contributed by atoms with van der Waals surface area (Å²) in [6.45, 7) is 3.37. The molecule has 0 saturated carbocycles. The van der Waals surface area contributed by atoms with Crippen LogP contribution < -0.4 is 11.1 Å². The molecule has 1 amide bonds. The summed E-state index contributed by atoms with van der Waals surface area (Å²) in [5, 5.41) is 11.8. The first-order valence-corrected chi connectivity index (χ1v) is 4.06. The van der Waals surface area contributed by atoms with Crippen LogP contribution in [-0.4, -0.2) is 29.2 Å². The standard InChI is InChI=1S/C9H16N2O2/c1-4-5-7(10)8(12)11-6-9(2,3)13/h1,7,13H,5-6,10H2,2-3H3,(H,11,12). The van der Waals surface area contributed by atoms with Gasteiger partial charge in [0, 0.05) is 13.0 Å². The average Bonchev–Trinajstić information content (AvgIpc) is 1.99. The van der Waals surface area contributed by atoms with E-state index in [1.54, 1.807) is 13.8 Å². The first-order valence-electron chi connectivity index (χ1n) is 4.06. The van der Waals surface area contributed by atoms with E-state index >= 15 is 0 Å². The SMILES string of the molecule is C#CCC(N)C(=O)NCC(C)(C)O. The van der Waals surface area contributed by atoms with Crippen LogP contribution in [0.4, 0.5) is 0 Å². The Hall–Kier alpha value is -1.05. The van der Waals surface area contributed by atoms with E-state index in [0.717, 1.165) is 0 Å². The molecule has 0 aliphatic rings. The molecule has 0 aliphatic carbocycles. The summed E-state index contributed by atoms with van der Waals surface area (Å²) in [5.74, 6) is 1.96. The number of carbonyl (C=O) groups excluding carboxylic acids is 1. The summed E-state index contributed by atoms with van der Waals surface area (Å²) in [6.07, 6.45) is 5.20. The number of aliphatic hydroxyl groups is 1. The maximum Gasteiger partial charge on any atom is 0.238 e. The molecule has 0 radical (unpaired) electrons. The quantitative estimate of drug-likeness (QED) is 0.502. The summed E-state index contributed by atoms with van der Waals surface area (Å²) in [7, 11) is 0. The number of carbonyl (C=O) groups is 1. The van der Waals surface area contributed by atoms with E-state index in [2.05, 4.69) is 11.2 Å². The molecule has 0 bridgehead atoms. The maximum atomic E-state index is 11.1. The smallest absolute Gasteiger partial charge is 0.238 e. The Balaban J connectivity index is 3.83. The topological polar surface area (TPSA) is 75.4 Å². The van der Waals surface area contributed by atoms with E-state index in [4.69, 9.17) is 12.2 Å². The third kappa shape index (κ3) is 6.14. The van der Waals surface area contributed by atoms with Crippen LogP contribution in [0.15, 0.2) is 0 Å². The number of nitrogens with one attached hydrogen (secondary N) is 1. The van der Waals surface area contributed by atoms with Crippen molar-refractivity contribution in [3.05, 3.63) is 0 Å². The highest BCUT2D eigenvalue weighted by atomic mass is 16.3. The first kappa shape index (κ1) is 11.9. The van der Waals surface area contributed by atoms with Crippen molar-refractivity contribution in [1.82, 2.24) is 5.32 Å². The molecule has 4 nitrogen and oxygen atoms in total. The van der Waals surface area contributed by atoms with Crippen LogP contribution in [0.5, 0.6) is 0 Å². The fraction of sp³-hybridized carbons (Fsp3) is 0.667. The average molecular weight is 184 g/mol. The van der Waals surface area contributed by atoms with Crippen LogP contribution in [-0.2, 0) is 4.79 Å². The minimum absolute atomic E-state index is 0.171. The van der Waals surface area contributed by atoms with E-state index in [9.17, 15) is 9.90 Å². The van der Waals surface area contributed by atoms with Gasteiger partial charge in [-0.2, -0.15) is 0 Å².